The Morgan fingerprint density at radius 1 is 1.32 bits per heavy atom. The normalized spacial score (nSPS) is 18.0. The van der Waals surface area contributed by atoms with Crippen LogP contribution in [0.5, 0.6) is 5.75 Å². The predicted molar refractivity (Wildman–Crippen MR) is 89.9 cm³/mol. The van der Waals surface area contributed by atoms with E-state index in [0.29, 0.717) is 6.04 Å². The fourth-order valence-corrected chi connectivity index (χ4v) is 3.45. The summed E-state index contributed by atoms with van der Waals surface area (Å²) in [7, 11) is 1.66. The third kappa shape index (κ3) is 3.42. The molecule has 1 atom stereocenters. The Morgan fingerprint density at radius 2 is 2.14 bits per heavy atom. The molecule has 1 N–H and O–H groups in total. The molecule has 22 heavy (non-hydrogen) atoms. The minimum atomic E-state index is 0.149. The van der Waals surface area contributed by atoms with Crippen LogP contribution in [-0.4, -0.2) is 37.0 Å². The van der Waals surface area contributed by atoms with Crippen LogP contribution in [0.25, 0.3) is 0 Å². The van der Waals surface area contributed by atoms with Gasteiger partial charge in [0.2, 0.25) is 0 Å². The number of anilines is 1. The Labute approximate surface area is 134 Å². The molecular weight excluding hydrogens is 296 g/mol. The van der Waals surface area contributed by atoms with Crippen molar-refractivity contribution in [2.75, 3.05) is 25.5 Å². The first-order chi connectivity index (χ1) is 10.8. The number of ether oxygens (including phenoxy) is 1. The van der Waals surface area contributed by atoms with Crippen LogP contribution in [0, 0.1) is 0 Å². The van der Waals surface area contributed by atoms with Crippen molar-refractivity contribution in [2.45, 2.75) is 18.9 Å². The zero-order valence-corrected chi connectivity index (χ0v) is 13.4. The fraction of sp³-hybridized carbons (Fsp3) is 0.353. The fourth-order valence-electron chi connectivity index (χ4n) is 2.76. The third-order valence-corrected chi connectivity index (χ3v) is 4.76. The van der Waals surface area contributed by atoms with Gasteiger partial charge < -0.3 is 15.0 Å². The van der Waals surface area contributed by atoms with Gasteiger partial charge in [-0.3, -0.25) is 4.79 Å². The summed E-state index contributed by atoms with van der Waals surface area (Å²) in [5, 5.41) is 5.46. The molecule has 1 aromatic carbocycles. The second-order valence-corrected chi connectivity index (χ2v) is 6.39. The van der Waals surface area contributed by atoms with E-state index in [2.05, 4.69) is 5.32 Å². The molecule has 0 spiro atoms. The van der Waals surface area contributed by atoms with E-state index < -0.39 is 0 Å². The standard InChI is InChI=1S/C17H20N2O2S/c1-21-15-8-6-13(7-9-15)18-14-4-2-10-19(12-14)17(20)16-5-3-11-22-16/h3,5-9,11,14,18H,2,4,10,12H2,1H3/t14-/m1/s1. The van der Waals surface area contributed by atoms with Crippen molar-refractivity contribution in [3.63, 3.8) is 0 Å². The largest absolute Gasteiger partial charge is 0.497 e. The van der Waals surface area contributed by atoms with Crippen LogP contribution in [0.15, 0.2) is 41.8 Å². The number of thiophene rings is 1. The maximum Gasteiger partial charge on any atom is 0.263 e. The molecule has 1 fully saturated rings. The maximum absolute atomic E-state index is 12.4. The molecule has 0 bridgehead atoms. The topological polar surface area (TPSA) is 41.6 Å². The number of amides is 1. The van der Waals surface area contributed by atoms with Gasteiger partial charge in [0, 0.05) is 24.8 Å². The summed E-state index contributed by atoms with van der Waals surface area (Å²) in [6, 6.07) is 12.0. The number of carbonyl (C=O) groups excluding carboxylic acids is 1. The highest BCUT2D eigenvalue weighted by Crippen LogP contribution is 2.21. The lowest BCUT2D eigenvalue weighted by Gasteiger charge is -2.33. The van der Waals surface area contributed by atoms with Crippen molar-refractivity contribution in [3.8, 4) is 5.75 Å². The van der Waals surface area contributed by atoms with Crippen molar-refractivity contribution in [3.05, 3.63) is 46.7 Å². The molecule has 1 aliphatic heterocycles. The van der Waals surface area contributed by atoms with Crippen molar-refractivity contribution in [1.82, 2.24) is 4.90 Å². The molecule has 0 aliphatic carbocycles. The highest BCUT2D eigenvalue weighted by molar-refractivity contribution is 7.12. The highest BCUT2D eigenvalue weighted by Gasteiger charge is 2.24. The molecular formula is C17H20N2O2S. The minimum absolute atomic E-state index is 0.149. The first kappa shape index (κ1) is 14.9. The second-order valence-electron chi connectivity index (χ2n) is 5.44. The van der Waals surface area contributed by atoms with E-state index in [-0.39, 0.29) is 5.91 Å². The predicted octanol–water partition coefficient (Wildman–Crippen LogP) is 3.47. The summed E-state index contributed by atoms with van der Waals surface area (Å²) in [6.45, 7) is 1.60. The number of rotatable bonds is 4. The average molecular weight is 316 g/mol. The molecule has 2 aromatic rings. The highest BCUT2D eigenvalue weighted by atomic mass is 32.1. The third-order valence-electron chi connectivity index (χ3n) is 3.90. The Balaban J connectivity index is 1.61. The molecule has 4 nitrogen and oxygen atoms in total. The molecule has 1 aliphatic rings. The van der Waals surface area contributed by atoms with Crippen LogP contribution in [-0.2, 0) is 0 Å². The SMILES string of the molecule is COc1ccc(N[C@@H]2CCCN(C(=O)c3cccs3)C2)cc1. The molecule has 116 valence electrons. The summed E-state index contributed by atoms with van der Waals surface area (Å²) >= 11 is 1.51. The van der Waals surface area contributed by atoms with Gasteiger partial charge in [0.05, 0.1) is 12.0 Å². The van der Waals surface area contributed by atoms with Gasteiger partial charge in [-0.25, -0.2) is 0 Å². The van der Waals surface area contributed by atoms with E-state index in [0.717, 1.165) is 42.2 Å². The van der Waals surface area contributed by atoms with Gasteiger partial charge in [-0.2, -0.15) is 0 Å². The monoisotopic (exact) mass is 316 g/mol. The van der Waals surface area contributed by atoms with Crippen LogP contribution < -0.4 is 10.1 Å². The molecule has 1 amide bonds. The Hall–Kier alpha value is -2.01. The van der Waals surface area contributed by atoms with E-state index in [9.17, 15) is 4.79 Å². The Morgan fingerprint density at radius 3 is 2.82 bits per heavy atom. The number of hydrogen-bond acceptors (Lipinski definition) is 4. The first-order valence-corrected chi connectivity index (χ1v) is 8.37. The Kier molecular flexibility index (Phi) is 4.63. The molecule has 5 heteroatoms. The van der Waals surface area contributed by atoms with Crippen molar-refractivity contribution < 1.29 is 9.53 Å². The summed E-state index contributed by atoms with van der Waals surface area (Å²) in [6.07, 6.45) is 2.12. The second kappa shape index (κ2) is 6.83. The zero-order valence-electron chi connectivity index (χ0n) is 12.6. The number of carbonyl (C=O) groups is 1. The van der Waals surface area contributed by atoms with E-state index in [1.54, 1.807) is 7.11 Å². The van der Waals surface area contributed by atoms with Crippen LogP contribution in [0.1, 0.15) is 22.5 Å². The number of nitrogens with zero attached hydrogens (tertiary/aromatic N) is 1. The van der Waals surface area contributed by atoms with Crippen LogP contribution in [0.4, 0.5) is 5.69 Å². The van der Waals surface area contributed by atoms with Gasteiger partial charge in [-0.15, -0.1) is 11.3 Å². The average Bonchev–Trinajstić information content (AvgIpc) is 3.09. The lowest BCUT2D eigenvalue weighted by molar-refractivity contribution is 0.0720. The maximum atomic E-state index is 12.4. The van der Waals surface area contributed by atoms with Crippen LogP contribution >= 0.6 is 11.3 Å². The van der Waals surface area contributed by atoms with Crippen molar-refractivity contribution >= 4 is 22.9 Å². The molecule has 0 saturated carbocycles. The number of hydrogen-bond donors (Lipinski definition) is 1. The molecule has 2 heterocycles. The molecule has 0 unspecified atom stereocenters. The quantitative estimate of drug-likeness (QED) is 0.939. The summed E-state index contributed by atoms with van der Waals surface area (Å²) in [5.74, 6) is 1.000. The lowest BCUT2D eigenvalue weighted by atomic mass is 10.0. The molecule has 0 radical (unpaired) electrons. The molecule has 3 rings (SSSR count). The zero-order chi connectivity index (χ0) is 15.4. The Bertz CT molecular complexity index is 610. The number of methoxy groups -OCH3 is 1. The summed E-state index contributed by atoms with van der Waals surface area (Å²) in [5.41, 5.74) is 1.07. The van der Waals surface area contributed by atoms with Crippen LogP contribution in [0.3, 0.4) is 0 Å². The lowest BCUT2D eigenvalue weighted by Crippen LogP contribution is -2.44. The number of likely N-dealkylation sites (tertiary alicyclic amines) is 1. The number of benzene rings is 1. The minimum Gasteiger partial charge on any atom is -0.497 e. The van der Waals surface area contributed by atoms with Crippen molar-refractivity contribution in [2.24, 2.45) is 0 Å². The van der Waals surface area contributed by atoms with E-state index in [4.69, 9.17) is 4.74 Å². The summed E-state index contributed by atoms with van der Waals surface area (Å²) in [4.78, 5) is 15.2. The molecule has 1 saturated heterocycles. The van der Waals surface area contributed by atoms with Crippen molar-refractivity contribution in [1.29, 1.82) is 0 Å². The van der Waals surface area contributed by atoms with E-state index >= 15 is 0 Å². The van der Waals surface area contributed by atoms with E-state index in [1.165, 1.54) is 11.3 Å². The first-order valence-electron chi connectivity index (χ1n) is 7.49. The van der Waals surface area contributed by atoms with Gasteiger partial charge in [0.1, 0.15) is 5.75 Å². The summed E-state index contributed by atoms with van der Waals surface area (Å²) < 4.78 is 5.17. The van der Waals surface area contributed by atoms with Gasteiger partial charge in [-0.05, 0) is 48.6 Å². The number of piperidine rings is 1. The number of nitrogens with one attached hydrogen (secondary N) is 1. The van der Waals surface area contributed by atoms with Gasteiger partial charge in [0.15, 0.2) is 0 Å². The molecule has 1 aromatic heterocycles. The van der Waals surface area contributed by atoms with Gasteiger partial charge in [0.25, 0.3) is 5.91 Å². The van der Waals surface area contributed by atoms with E-state index in [1.807, 2.05) is 46.7 Å². The van der Waals surface area contributed by atoms with Crippen LogP contribution in [0.2, 0.25) is 0 Å². The van der Waals surface area contributed by atoms with Gasteiger partial charge in [-0.1, -0.05) is 6.07 Å². The smallest absolute Gasteiger partial charge is 0.263 e. The van der Waals surface area contributed by atoms with Gasteiger partial charge >= 0.3 is 0 Å².